The van der Waals surface area contributed by atoms with Gasteiger partial charge in [0.1, 0.15) is 0 Å². The summed E-state index contributed by atoms with van der Waals surface area (Å²) in [4.78, 5) is 18.0. The minimum Gasteiger partial charge on any atom is -0.367 e. The summed E-state index contributed by atoms with van der Waals surface area (Å²) in [6.45, 7) is 2.32. The molecule has 1 aliphatic carbocycles. The Labute approximate surface area is 534 Å². The SMILES string of the molecule is CC1C=Cc2ccc(-c3ccsc3-c3cc(-c4sccc4-c4ccc5ccccc5c4)cc(-c4sccc4-c4ccc5cccc(-c6cc(-c7ccsc7-c7cc(-c8sccc8-c8cc[nH]c8)cc(-c8sccc8-c8cc[nH]c8)c7)c[nH]6)c5c4)c3)cc2C1. The molecular formula is C79H53N3S6. The quantitative estimate of drug-likeness (QED) is 0.103. The van der Waals surface area contributed by atoms with Gasteiger partial charge >= 0.3 is 0 Å². The number of allylic oxidation sites excluding steroid dienone is 1. The summed E-state index contributed by atoms with van der Waals surface area (Å²) in [5.74, 6) is 0.529. The van der Waals surface area contributed by atoms with Crippen molar-refractivity contribution in [3.63, 3.8) is 0 Å². The maximum Gasteiger partial charge on any atom is 0.0466 e. The Hall–Kier alpha value is -9.16. The molecule has 88 heavy (non-hydrogen) atoms. The van der Waals surface area contributed by atoms with Crippen molar-refractivity contribution in [1.29, 1.82) is 0 Å². The molecule has 0 aliphatic heterocycles. The van der Waals surface area contributed by atoms with Crippen LogP contribution < -0.4 is 0 Å². The number of nitrogens with one attached hydrogen (secondary N) is 3. The van der Waals surface area contributed by atoms with Crippen molar-refractivity contribution < 1.29 is 0 Å². The predicted molar refractivity (Wildman–Crippen MR) is 384 cm³/mol. The van der Waals surface area contributed by atoms with E-state index in [1.54, 1.807) is 22.7 Å². The van der Waals surface area contributed by atoms with Gasteiger partial charge in [0.2, 0.25) is 0 Å². The van der Waals surface area contributed by atoms with Gasteiger partial charge in [-0.25, -0.2) is 0 Å². The summed E-state index contributed by atoms with van der Waals surface area (Å²) in [5, 5.41) is 18.4. The Bertz CT molecular complexity index is 5200. The van der Waals surface area contributed by atoms with E-state index < -0.39 is 0 Å². The molecule has 0 spiro atoms. The van der Waals surface area contributed by atoms with E-state index >= 15 is 0 Å². The van der Waals surface area contributed by atoms with Crippen LogP contribution in [0.3, 0.4) is 0 Å². The van der Waals surface area contributed by atoms with Crippen molar-refractivity contribution >= 4 is 95.6 Å². The van der Waals surface area contributed by atoms with E-state index in [-0.39, 0.29) is 0 Å². The molecule has 3 N–H and O–H groups in total. The van der Waals surface area contributed by atoms with Crippen LogP contribution >= 0.6 is 68.0 Å². The van der Waals surface area contributed by atoms with E-state index in [1.165, 1.54) is 162 Å². The van der Waals surface area contributed by atoms with Gasteiger partial charge in [-0.1, -0.05) is 104 Å². The van der Waals surface area contributed by atoms with Gasteiger partial charge in [-0.15, -0.1) is 68.0 Å². The Morgan fingerprint density at radius 3 is 1.28 bits per heavy atom. The first-order valence-electron chi connectivity index (χ1n) is 29.5. The molecule has 16 aromatic rings. The molecule has 9 aromatic heterocycles. The fourth-order valence-corrected chi connectivity index (χ4v) is 18.6. The minimum atomic E-state index is 0.529. The number of thiophene rings is 6. The van der Waals surface area contributed by atoms with Gasteiger partial charge < -0.3 is 15.0 Å². The minimum absolute atomic E-state index is 0.529. The van der Waals surface area contributed by atoms with Crippen LogP contribution in [0.15, 0.2) is 257 Å². The summed E-state index contributed by atoms with van der Waals surface area (Å²) in [6.07, 6.45) is 16.1. The van der Waals surface area contributed by atoms with E-state index in [1.807, 2.05) is 57.7 Å². The van der Waals surface area contributed by atoms with Gasteiger partial charge in [0.15, 0.2) is 0 Å². The molecule has 9 heterocycles. The molecule has 0 saturated heterocycles. The number of aromatic nitrogens is 3. The lowest BCUT2D eigenvalue weighted by Crippen LogP contribution is -2.03. The number of benzene rings is 7. The maximum absolute atomic E-state index is 3.79. The molecular weight excluding hydrogens is 1180 g/mol. The van der Waals surface area contributed by atoms with Crippen molar-refractivity contribution in [2.75, 3.05) is 0 Å². The molecule has 0 fully saturated rings. The number of H-pyrrole nitrogens is 3. The van der Waals surface area contributed by atoms with Crippen molar-refractivity contribution in [3.8, 4) is 141 Å². The van der Waals surface area contributed by atoms with Gasteiger partial charge in [-0.05, 0) is 230 Å². The summed E-state index contributed by atoms with van der Waals surface area (Å²) in [7, 11) is 0. The summed E-state index contributed by atoms with van der Waals surface area (Å²) >= 11 is 10.9. The lowest BCUT2D eigenvalue weighted by atomic mass is 9.88. The van der Waals surface area contributed by atoms with E-state index in [0.717, 1.165) is 17.7 Å². The number of rotatable bonds is 13. The second-order valence-corrected chi connectivity index (χ2v) is 28.3. The molecule has 420 valence electrons. The largest absolute Gasteiger partial charge is 0.367 e. The molecule has 17 rings (SSSR count). The average molecular weight is 1240 g/mol. The zero-order chi connectivity index (χ0) is 58.2. The molecule has 3 nitrogen and oxygen atoms in total. The van der Waals surface area contributed by atoms with Crippen LogP contribution in [0.5, 0.6) is 0 Å². The van der Waals surface area contributed by atoms with Gasteiger partial charge in [0.05, 0.1) is 0 Å². The third-order valence-corrected chi connectivity index (χ3v) is 23.2. The highest BCUT2D eigenvalue weighted by Gasteiger charge is 2.23. The van der Waals surface area contributed by atoms with E-state index in [9.17, 15) is 0 Å². The van der Waals surface area contributed by atoms with E-state index in [2.05, 4.69) is 273 Å². The van der Waals surface area contributed by atoms with Crippen LogP contribution in [0.2, 0.25) is 0 Å². The van der Waals surface area contributed by atoms with Crippen molar-refractivity contribution in [3.05, 3.63) is 269 Å². The molecule has 1 aliphatic rings. The van der Waals surface area contributed by atoms with Gasteiger partial charge in [0.25, 0.3) is 0 Å². The summed E-state index contributed by atoms with van der Waals surface area (Å²) in [6, 6.07) is 71.4. The first-order chi connectivity index (χ1) is 43.5. The molecule has 0 radical (unpaired) electrons. The summed E-state index contributed by atoms with van der Waals surface area (Å²) < 4.78 is 0. The van der Waals surface area contributed by atoms with Crippen LogP contribution in [0.25, 0.3) is 168 Å². The molecule has 9 heteroatoms. The number of fused-ring (bicyclic) bond motifs is 3. The molecule has 1 unspecified atom stereocenters. The Morgan fingerprint density at radius 1 is 0.330 bits per heavy atom. The fourth-order valence-electron chi connectivity index (χ4n) is 13.1. The molecule has 7 aromatic carbocycles. The predicted octanol–water partition coefficient (Wildman–Crippen LogP) is 25.2. The third kappa shape index (κ3) is 9.58. The van der Waals surface area contributed by atoms with E-state index in [4.69, 9.17) is 0 Å². The third-order valence-electron chi connectivity index (χ3n) is 17.4. The van der Waals surface area contributed by atoms with Gasteiger partial charge in [-0.2, -0.15) is 0 Å². The molecule has 0 amide bonds. The second kappa shape index (κ2) is 22.2. The number of hydrogen-bond acceptors (Lipinski definition) is 6. The average Bonchev–Trinajstić information content (AvgIpc) is 4.23. The maximum atomic E-state index is 3.79. The van der Waals surface area contributed by atoms with Gasteiger partial charge in [-0.3, -0.25) is 0 Å². The lowest BCUT2D eigenvalue weighted by Gasteiger charge is -2.17. The highest BCUT2D eigenvalue weighted by molar-refractivity contribution is 7.16. The lowest BCUT2D eigenvalue weighted by molar-refractivity contribution is 0.717. The number of hydrogen-bond donors (Lipinski definition) is 3. The monoisotopic (exact) mass is 1240 g/mol. The van der Waals surface area contributed by atoms with Crippen LogP contribution in [0, 0.1) is 5.92 Å². The van der Waals surface area contributed by atoms with Crippen molar-refractivity contribution in [1.82, 2.24) is 15.0 Å². The highest BCUT2D eigenvalue weighted by Crippen LogP contribution is 2.50. The Morgan fingerprint density at radius 2 is 0.773 bits per heavy atom. The zero-order valence-corrected chi connectivity index (χ0v) is 52.5. The first-order valence-corrected chi connectivity index (χ1v) is 34.8. The van der Waals surface area contributed by atoms with Crippen LogP contribution in [-0.2, 0) is 6.42 Å². The summed E-state index contributed by atoms with van der Waals surface area (Å²) in [5.41, 5.74) is 27.1. The Kier molecular flexibility index (Phi) is 13.4. The highest BCUT2D eigenvalue weighted by atomic mass is 32.1. The van der Waals surface area contributed by atoms with Crippen molar-refractivity contribution in [2.24, 2.45) is 5.92 Å². The topological polar surface area (TPSA) is 47.4 Å². The zero-order valence-electron chi connectivity index (χ0n) is 47.6. The molecule has 1 atom stereocenters. The molecule has 0 saturated carbocycles. The van der Waals surface area contributed by atoms with E-state index in [0.29, 0.717) is 5.92 Å². The Balaban J connectivity index is 0.751. The smallest absolute Gasteiger partial charge is 0.0466 e. The number of aromatic amines is 3. The first kappa shape index (κ1) is 53.1. The second-order valence-electron chi connectivity index (χ2n) is 22.8. The standard InChI is InChI=1S/C79H53N3S6/c1-47-9-10-49-12-15-53(35-57(49)33-47)66-20-28-84-75(66)59-36-58(74-65(19-27-83-74)52-14-11-48-5-2-3-6-51(48)34-52)37-60(38-59)76-67(21-29-85-76)54-16-13-50-7-4-8-71(72(50)42-54)73-43-64(46-82-73)70-24-32-88-79(70)63-40-61(77-68(22-30-86-77)55-17-25-80-44-55)39-62(41-63)78-69(23-31-87-78)56-18-26-81-45-56/h2-32,34-47,80-82H,33H2,1H3. The van der Waals surface area contributed by atoms with Crippen molar-refractivity contribution in [2.45, 2.75) is 13.3 Å². The van der Waals surface area contributed by atoms with Crippen LogP contribution in [-0.4, -0.2) is 15.0 Å². The fraction of sp³-hybridized carbons (Fsp3) is 0.0380. The van der Waals surface area contributed by atoms with Gasteiger partial charge in [0, 0.05) is 122 Å². The molecule has 0 bridgehead atoms. The van der Waals surface area contributed by atoms with Crippen LogP contribution in [0.1, 0.15) is 18.1 Å². The normalized spacial score (nSPS) is 13.1. The van der Waals surface area contributed by atoms with Crippen LogP contribution in [0.4, 0.5) is 0 Å².